The molecule has 0 saturated carbocycles. The number of anilines is 1. The molecular formula is C15H24FN3. The Morgan fingerprint density at radius 3 is 2.53 bits per heavy atom. The summed E-state index contributed by atoms with van der Waals surface area (Å²) in [4.78, 5) is 4.59. The van der Waals surface area contributed by atoms with E-state index in [0.717, 1.165) is 51.4 Å². The lowest BCUT2D eigenvalue weighted by Gasteiger charge is -2.37. The fraction of sp³-hybridized carbons (Fsp3) is 0.600. The Hall–Kier alpha value is -1.13. The molecule has 4 heteroatoms. The average molecular weight is 265 g/mol. The fourth-order valence-electron chi connectivity index (χ4n) is 2.70. The van der Waals surface area contributed by atoms with Gasteiger partial charge in [0.2, 0.25) is 0 Å². The molecule has 0 bridgehead atoms. The van der Waals surface area contributed by atoms with E-state index >= 15 is 0 Å². The lowest BCUT2D eigenvalue weighted by atomic mass is 10.1. The number of hydrogen-bond donors (Lipinski definition) is 1. The van der Waals surface area contributed by atoms with E-state index in [-0.39, 0.29) is 5.82 Å². The molecule has 0 radical (unpaired) electrons. The molecule has 1 aromatic carbocycles. The second-order valence-corrected chi connectivity index (χ2v) is 5.42. The summed E-state index contributed by atoms with van der Waals surface area (Å²) in [5.41, 5.74) is 6.31. The second kappa shape index (κ2) is 6.87. The molecular weight excluding hydrogens is 241 g/mol. The molecule has 1 aromatic rings. The van der Waals surface area contributed by atoms with Gasteiger partial charge < -0.3 is 10.6 Å². The molecule has 1 aliphatic rings. The summed E-state index contributed by atoms with van der Waals surface area (Å²) in [7, 11) is 0. The standard InChI is InChI=1S/C15H24FN3/c1-13(6-7-17)12-18-8-10-19(11-9-18)15-5-3-2-4-14(15)16/h2-5,13H,6-12,17H2,1H3. The molecule has 0 spiro atoms. The monoisotopic (exact) mass is 265 g/mol. The van der Waals surface area contributed by atoms with E-state index in [1.807, 2.05) is 12.1 Å². The summed E-state index contributed by atoms with van der Waals surface area (Å²) in [5, 5.41) is 0. The maximum Gasteiger partial charge on any atom is 0.146 e. The van der Waals surface area contributed by atoms with Crippen molar-refractivity contribution < 1.29 is 4.39 Å². The third kappa shape index (κ3) is 3.91. The number of halogens is 1. The maximum atomic E-state index is 13.7. The maximum absolute atomic E-state index is 13.7. The van der Waals surface area contributed by atoms with Crippen LogP contribution >= 0.6 is 0 Å². The lowest BCUT2D eigenvalue weighted by molar-refractivity contribution is 0.221. The van der Waals surface area contributed by atoms with Crippen LogP contribution in [0.3, 0.4) is 0 Å². The zero-order valence-corrected chi connectivity index (χ0v) is 11.7. The Kier molecular flexibility index (Phi) is 5.16. The molecule has 19 heavy (non-hydrogen) atoms. The molecule has 106 valence electrons. The molecule has 1 unspecified atom stereocenters. The van der Waals surface area contributed by atoms with Crippen molar-refractivity contribution in [2.24, 2.45) is 11.7 Å². The van der Waals surface area contributed by atoms with Gasteiger partial charge in [0.1, 0.15) is 5.82 Å². The third-order valence-electron chi connectivity index (χ3n) is 3.79. The van der Waals surface area contributed by atoms with Crippen molar-refractivity contribution in [2.45, 2.75) is 13.3 Å². The highest BCUT2D eigenvalue weighted by atomic mass is 19.1. The second-order valence-electron chi connectivity index (χ2n) is 5.42. The van der Waals surface area contributed by atoms with Gasteiger partial charge in [-0.3, -0.25) is 4.90 Å². The highest BCUT2D eigenvalue weighted by Crippen LogP contribution is 2.20. The van der Waals surface area contributed by atoms with Crippen molar-refractivity contribution in [3.63, 3.8) is 0 Å². The molecule has 0 aromatic heterocycles. The van der Waals surface area contributed by atoms with E-state index in [4.69, 9.17) is 5.73 Å². The minimum absolute atomic E-state index is 0.118. The smallest absolute Gasteiger partial charge is 0.146 e. The van der Waals surface area contributed by atoms with E-state index in [1.54, 1.807) is 6.07 Å². The molecule has 0 amide bonds. The number of piperazine rings is 1. The minimum atomic E-state index is -0.118. The third-order valence-corrected chi connectivity index (χ3v) is 3.79. The Morgan fingerprint density at radius 2 is 1.89 bits per heavy atom. The summed E-state index contributed by atoms with van der Waals surface area (Å²) in [6.07, 6.45) is 1.08. The van der Waals surface area contributed by atoms with Gasteiger partial charge in [-0.2, -0.15) is 0 Å². The Morgan fingerprint density at radius 1 is 1.21 bits per heavy atom. The molecule has 2 rings (SSSR count). The van der Waals surface area contributed by atoms with Gasteiger partial charge in [-0.05, 0) is 31.0 Å². The van der Waals surface area contributed by atoms with Gasteiger partial charge in [-0.25, -0.2) is 4.39 Å². The number of nitrogens with two attached hydrogens (primary N) is 1. The van der Waals surface area contributed by atoms with E-state index in [2.05, 4.69) is 16.7 Å². The van der Waals surface area contributed by atoms with Crippen LogP contribution in [0.25, 0.3) is 0 Å². The van der Waals surface area contributed by atoms with Gasteiger partial charge in [-0.15, -0.1) is 0 Å². The summed E-state index contributed by atoms with van der Waals surface area (Å²) in [6, 6.07) is 7.03. The van der Waals surface area contributed by atoms with Gasteiger partial charge in [0, 0.05) is 32.7 Å². The quantitative estimate of drug-likeness (QED) is 0.883. The Bertz CT molecular complexity index is 389. The van der Waals surface area contributed by atoms with Crippen LogP contribution in [0, 0.1) is 11.7 Å². The predicted molar refractivity (Wildman–Crippen MR) is 77.9 cm³/mol. The molecule has 1 saturated heterocycles. The van der Waals surface area contributed by atoms with E-state index in [1.165, 1.54) is 6.07 Å². The van der Waals surface area contributed by atoms with Crippen LogP contribution in [-0.2, 0) is 0 Å². The number of hydrogen-bond acceptors (Lipinski definition) is 3. The van der Waals surface area contributed by atoms with E-state index in [0.29, 0.717) is 5.92 Å². The first kappa shape index (κ1) is 14.3. The summed E-state index contributed by atoms with van der Waals surface area (Å²) < 4.78 is 13.7. The highest BCUT2D eigenvalue weighted by Gasteiger charge is 2.20. The van der Waals surface area contributed by atoms with Gasteiger partial charge in [0.05, 0.1) is 5.69 Å². The summed E-state index contributed by atoms with van der Waals surface area (Å²) in [6.45, 7) is 7.91. The molecule has 1 fully saturated rings. The molecule has 1 atom stereocenters. The lowest BCUT2D eigenvalue weighted by Crippen LogP contribution is -2.48. The largest absolute Gasteiger partial charge is 0.367 e. The van der Waals surface area contributed by atoms with Crippen LogP contribution in [-0.4, -0.2) is 44.2 Å². The number of benzene rings is 1. The van der Waals surface area contributed by atoms with Gasteiger partial charge in [0.15, 0.2) is 0 Å². The van der Waals surface area contributed by atoms with Crippen LogP contribution in [0.4, 0.5) is 10.1 Å². The number of para-hydroxylation sites is 1. The molecule has 1 aliphatic heterocycles. The first-order valence-electron chi connectivity index (χ1n) is 7.12. The normalized spacial score (nSPS) is 18.6. The van der Waals surface area contributed by atoms with Crippen molar-refractivity contribution in [1.82, 2.24) is 4.90 Å². The number of nitrogens with zero attached hydrogens (tertiary/aromatic N) is 2. The van der Waals surface area contributed by atoms with Crippen LogP contribution in [0.15, 0.2) is 24.3 Å². The molecule has 2 N–H and O–H groups in total. The van der Waals surface area contributed by atoms with Crippen molar-refractivity contribution in [3.05, 3.63) is 30.1 Å². The minimum Gasteiger partial charge on any atom is -0.367 e. The Labute approximate surface area is 115 Å². The molecule has 3 nitrogen and oxygen atoms in total. The van der Waals surface area contributed by atoms with Crippen LogP contribution < -0.4 is 10.6 Å². The molecule has 1 heterocycles. The summed E-state index contributed by atoms with van der Waals surface area (Å²) in [5.74, 6) is 0.525. The first-order chi connectivity index (χ1) is 9.20. The van der Waals surface area contributed by atoms with Gasteiger partial charge >= 0.3 is 0 Å². The zero-order chi connectivity index (χ0) is 13.7. The average Bonchev–Trinajstić information content (AvgIpc) is 2.41. The predicted octanol–water partition coefficient (Wildman–Crippen LogP) is 1.93. The van der Waals surface area contributed by atoms with Crippen molar-refractivity contribution >= 4 is 5.69 Å². The van der Waals surface area contributed by atoms with Crippen molar-refractivity contribution in [3.8, 4) is 0 Å². The highest BCUT2D eigenvalue weighted by molar-refractivity contribution is 5.47. The van der Waals surface area contributed by atoms with E-state index in [9.17, 15) is 4.39 Å². The van der Waals surface area contributed by atoms with Crippen LogP contribution in [0.5, 0.6) is 0 Å². The first-order valence-corrected chi connectivity index (χ1v) is 7.12. The number of rotatable bonds is 5. The topological polar surface area (TPSA) is 32.5 Å². The van der Waals surface area contributed by atoms with Crippen LogP contribution in [0.1, 0.15) is 13.3 Å². The molecule has 0 aliphatic carbocycles. The van der Waals surface area contributed by atoms with E-state index < -0.39 is 0 Å². The van der Waals surface area contributed by atoms with Gasteiger partial charge in [0.25, 0.3) is 0 Å². The Balaban J connectivity index is 1.84. The van der Waals surface area contributed by atoms with Crippen molar-refractivity contribution in [1.29, 1.82) is 0 Å². The SMILES string of the molecule is CC(CCN)CN1CCN(c2ccccc2F)CC1. The summed E-state index contributed by atoms with van der Waals surface area (Å²) >= 11 is 0. The van der Waals surface area contributed by atoms with Gasteiger partial charge in [-0.1, -0.05) is 19.1 Å². The van der Waals surface area contributed by atoms with Crippen LogP contribution in [0.2, 0.25) is 0 Å². The zero-order valence-electron chi connectivity index (χ0n) is 11.7. The van der Waals surface area contributed by atoms with Crippen molar-refractivity contribution in [2.75, 3.05) is 44.2 Å². The fourth-order valence-corrected chi connectivity index (χ4v) is 2.70.